The van der Waals surface area contributed by atoms with Crippen molar-refractivity contribution in [3.63, 3.8) is 0 Å². The van der Waals surface area contributed by atoms with Crippen LogP contribution in [0.15, 0.2) is 66.2 Å². The van der Waals surface area contributed by atoms with E-state index < -0.39 is 17.7 Å². The van der Waals surface area contributed by atoms with E-state index in [0.29, 0.717) is 64.6 Å². The minimum Gasteiger partial charge on any atom is -0.507 e. The largest absolute Gasteiger partial charge is 0.507 e. The number of ether oxygens (including phenoxy) is 4. The number of fused-ring (bicyclic) bond motifs is 1. The quantitative estimate of drug-likeness (QED) is 0.0722. The van der Waals surface area contributed by atoms with Crippen LogP contribution in [0.1, 0.15) is 57.2 Å². The molecule has 1 N–H and O–H groups in total. The molecule has 4 aromatic rings. The fraction of sp³-hybridized carbons (Fsp3) is 0.324. The first-order valence-corrected chi connectivity index (χ1v) is 15.6. The van der Waals surface area contributed by atoms with Gasteiger partial charge >= 0.3 is 5.91 Å². The topological polar surface area (TPSA) is 107 Å². The van der Waals surface area contributed by atoms with Gasteiger partial charge < -0.3 is 24.1 Å². The molecule has 1 saturated heterocycles. The Morgan fingerprint density at radius 3 is 2.48 bits per heavy atom. The predicted molar refractivity (Wildman–Crippen MR) is 171 cm³/mol. The van der Waals surface area contributed by atoms with Gasteiger partial charge in [-0.1, -0.05) is 49.8 Å². The molecule has 1 unspecified atom stereocenters. The molecule has 1 aliphatic heterocycles. The Balaban J connectivity index is 1.66. The standard InChI is InChI=1S/C34H36N2O7S/c1-5-8-17-43-26-15-12-21(19-27(26)40-4)30-29(31(37)22-10-9-11-23(18-22)42-16-6-2)32(38)33(39)36(30)34-35-25-14-13-24(41-7-3)20-28(25)44-34/h9-15,18-20,30,37H,5-8,16-17H2,1-4H3. The Kier molecular flexibility index (Phi) is 9.69. The van der Waals surface area contributed by atoms with Gasteiger partial charge in [-0.25, -0.2) is 4.98 Å². The molecule has 44 heavy (non-hydrogen) atoms. The lowest BCUT2D eigenvalue weighted by molar-refractivity contribution is -0.132. The second-order valence-corrected chi connectivity index (χ2v) is 11.2. The Morgan fingerprint density at radius 1 is 0.909 bits per heavy atom. The molecule has 0 saturated carbocycles. The Morgan fingerprint density at radius 2 is 1.73 bits per heavy atom. The van der Waals surface area contributed by atoms with E-state index in [1.54, 1.807) is 42.5 Å². The smallest absolute Gasteiger partial charge is 0.301 e. The molecule has 0 spiro atoms. The number of anilines is 1. The average molecular weight is 617 g/mol. The number of Topliss-reactive ketones (excluding diaryl/α,β-unsaturated/α-hetero) is 1. The van der Waals surface area contributed by atoms with E-state index in [0.717, 1.165) is 24.0 Å². The summed E-state index contributed by atoms with van der Waals surface area (Å²) in [5.41, 5.74) is 1.52. The normalized spacial score (nSPS) is 16.0. The first kappa shape index (κ1) is 30.9. The third-order valence-corrected chi connectivity index (χ3v) is 8.17. The van der Waals surface area contributed by atoms with Crippen molar-refractivity contribution in [3.05, 3.63) is 77.4 Å². The summed E-state index contributed by atoms with van der Waals surface area (Å²) < 4.78 is 23.8. The van der Waals surface area contributed by atoms with Crippen molar-refractivity contribution in [2.75, 3.05) is 31.8 Å². The molecule has 1 atom stereocenters. The monoisotopic (exact) mass is 616 g/mol. The van der Waals surface area contributed by atoms with E-state index in [4.69, 9.17) is 23.9 Å². The van der Waals surface area contributed by atoms with Gasteiger partial charge in [0.15, 0.2) is 16.6 Å². The molecule has 230 valence electrons. The molecular formula is C34H36N2O7S. The van der Waals surface area contributed by atoms with Crippen molar-refractivity contribution < 1.29 is 33.6 Å². The summed E-state index contributed by atoms with van der Waals surface area (Å²) in [6.45, 7) is 7.52. The van der Waals surface area contributed by atoms with E-state index in [-0.39, 0.29) is 11.3 Å². The maximum atomic E-state index is 13.8. The molecule has 1 aromatic heterocycles. The highest BCUT2D eigenvalue weighted by atomic mass is 32.1. The number of benzene rings is 3. The number of carbonyl (C=O) groups excluding carboxylic acids is 2. The van der Waals surface area contributed by atoms with E-state index in [9.17, 15) is 14.7 Å². The summed E-state index contributed by atoms with van der Waals surface area (Å²) in [7, 11) is 1.54. The molecule has 1 amide bonds. The maximum absolute atomic E-state index is 13.8. The fourth-order valence-corrected chi connectivity index (χ4v) is 6.03. The number of aliphatic hydroxyl groups excluding tert-OH is 1. The van der Waals surface area contributed by atoms with Crippen LogP contribution in [0.2, 0.25) is 0 Å². The zero-order valence-corrected chi connectivity index (χ0v) is 26.1. The van der Waals surface area contributed by atoms with Gasteiger partial charge in [0.2, 0.25) is 0 Å². The third kappa shape index (κ3) is 6.21. The summed E-state index contributed by atoms with van der Waals surface area (Å²) in [5.74, 6) is 0.316. The zero-order valence-electron chi connectivity index (χ0n) is 25.3. The number of amides is 1. The highest BCUT2D eigenvalue weighted by Gasteiger charge is 2.48. The van der Waals surface area contributed by atoms with Crippen LogP contribution >= 0.6 is 11.3 Å². The van der Waals surface area contributed by atoms with Gasteiger partial charge in [0.05, 0.1) is 48.8 Å². The van der Waals surface area contributed by atoms with Crippen LogP contribution in [0, 0.1) is 0 Å². The molecule has 0 aliphatic carbocycles. The average Bonchev–Trinajstić information content (AvgIpc) is 3.57. The lowest BCUT2D eigenvalue weighted by Crippen LogP contribution is -2.29. The Labute approximate surface area is 260 Å². The van der Waals surface area contributed by atoms with Crippen LogP contribution < -0.4 is 23.8 Å². The highest BCUT2D eigenvalue weighted by molar-refractivity contribution is 7.22. The van der Waals surface area contributed by atoms with Crippen molar-refractivity contribution >= 4 is 44.1 Å². The molecule has 1 aliphatic rings. The number of aromatic nitrogens is 1. The Bertz CT molecular complexity index is 1700. The summed E-state index contributed by atoms with van der Waals surface area (Å²) in [5, 5.41) is 12.0. The number of hydrogen-bond acceptors (Lipinski definition) is 9. The molecule has 5 rings (SSSR count). The minimum absolute atomic E-state index is 0.0568. The van der Waals surface area contributed by atoms with Crippen molar-refractivity contribution in [1.29, 1.82) is 0 Å². The summed E-state index contributed by atoms with van der Waals surface area (Å²) in [6.07, 6.45) is 2.68. The van der Waals surface area contributed by atoms with Crippen molar-refractivity contribution in [3.8, 4) is 23.0 Å². The lowest BCUT2D eigenvalue weighted by atomic mass is 9.95. The minimum atomic E-state index is -0.985. The van der Waals surface area contributed by atoms with Crippen molar-refractivity contribution in [1.82, 2.24) is 4.98 Å². The number of aliphatic hydroxyl groups is 1. The number of nitrogens with zero attached hydrogens (tertiary/aromatic N) is 2. The molecule has 0 bridgehead atoms. The number of carbonyl (C=O) groups is 2. The second-order valence-electron chi connectivity index (χ2n) is 10.2. The lowest BCUT2D eigenvalue weighted by Gasteiger charge is -2.24. The van der Waals surface area contributed by atoms with Crippen LogP contribution in [-0.4, -0.2) is 48.7 Å². The first-order chi connectivity index (χ1) is 21.4. The number of rotatable bonds is 13. The third-order valence-electron chi connectivity index (χ3n) is 7.15. The van der Waals surface area contributed by atoms with Crippen LogP contribution in [-0.2, 0) is 9.59 Å². The molecule has 2 heterocycles. The summed E-state index contributed by atoms with van der Waals surface area (Å²) in [4.78, 5) is 33.6. The van der Waals surface area contributed by atoms with Gasteiger partial charge in [-0.05, 0) is 67.8 Å². The van der Waals surface area contributed by atoms with Gasteiger partial charge in [0.25, 0.3) is 5.78 Å². The zero-order chi connectivity index (χ0) is 31.2. The summed E-state index contributed by atoms with van der Waals surface area (Å²) >= 11 is 1.27. The molecule has 1 fully saturated rings. The van der Waals surface area contributed by atoms with Gasteiger partial charge in [-0.3, -0.25) is 14.5 Å². The maximum Gasteiger partial charge on any atom is 0.301 e. The van der Waals surface area contributed by atoms with Crippen molar-refractivity contribution in [2.45, 2.75) is 46.1 Å². The predicted octanol–water partition coefficient (Wildman–Crippen LogP) is 7.30. The SMILES string of the molecule is CCCCOc1ccc(C2C(=C(O)c3cccc(OCCC)c3)C(=O)C(=O)N2c2nc3ccc(OCC)cc3s2)cc1OC. The van der Waals surface area contributed by atoms with Crippen molar-refractivity contribution in [2.24, 2.45) is 0 Å². The van der Waals surface area contributed by atoms with Crippen LogP contribution in [0.25, 0.3) is 16.0 Å². The molecule has 3 aromatic carbocycles. The molecular weight excluding hydrogens is 580 g/mol. The fourth-order valence-electron chi connectivity index (χ4n) is 5.01. The van der Waals surface area contributed by atoms with E-state index >= 15 is 0 Å². The number of methoxy groups -OCH3 is 1. The van der Waals surface area contributed by atoms with Gasteiger partial charge in [0, 0.05) is 5.56 Å². The number of unbranched alkanes of at least 4 members (excludes halogenated alkanes) is 1. The van der Waals surface area contributed by atoms with E-state index in [2.05, 4.69) is 6.92 Å². The number of ketones is 1. The Hall–Kier alpha value is -4.57. The summed E-state index contributed by atoms with van der Waals surface area (Å²) in [6, 6.07) is 16.6. The number of thiazole rings is 1. The van der Waals surface area contributed by atoms with Gasteiger partial charge in [0.1, 0.15) is 17.3 Å². The van der Waals surface area contributed by atoms with E-state index in [1.165, 1.54) is 23.3 Å². The van der Waals surface area contributed by atoms with Gasteiger partial charge in [-0.15, -0.1) is 0 Å². The number of hydrogen-bond donors (Lipinski definition) is 1. The highest BCUT2D eigenvalue weighted by Crippen LogP contribution is 2.46. The van der Waals surface area contributed by atoms with Crippen LogP contribution in [0.3, 0.4) is 0 Å². The van der Waals surface area contributed by atoms with E-state index in [1.807, 2.05) is 32.0 Å². The first-order valence-electron chi connectivity index (χ1n) is 14.8. The molecule has 10 heteroatoms. The van der Waals surface area contributed by atoms with Crippen LogP contribution in [0.4, 0.5) is 5.13 Å². The molecule has 0 radical (unpaired) electrons. The second kappa shape index (κ2) is 13.8. The van der Waals surface area contributed by atoms with Gasteiger partial charge in [-0.2, -0.15) is 0 Å². The van der Waals surface area contributed by atoms with Crippen LogP contribution in [0.5, 0.6) is 23.0 Å². The molecule has 9 nitrogen and oxygen atoms in total.